The van der Waals surface area contributed by atoms with Crippen molar-refractivity contribution >= 4 is 6.41 Å². The lowest BCUT2D eigenvalue weighted by Gasteiger charge is -2.22. The number of aromatic nitrogens is 2. The zero-order chi connectivity index (χ0) is 8.55. The van der Waals surface area contributed by atoms with Crippen LogP contribution >= 0.6 is 0 Å². The molecule has 1 amide bonds. The fraction of sp³-hybridized carbons (Fsp3) is 0.500. The molecule has 4 nitrogen and oxygen atoms in total. The third-order valence-electron chi connectivity index (χ3n) is 2.32. The van der Waals surface area contributed by atoms with E-state index in [4.69, 9.17) is 0 Å². The Morgan fingerprint density at radius 2 is 2.50 bits per heavy atom. The number of hydrogen-bond acceptors (Lipinski definition) is 2. The predicted molar refractivity (Wildman–Crippen MR) is 43.4 cm³/mol. The van der Waals surface area contributed by atoms with Crippen LogP contribution in [-0.2, 0) is 24.8 Å². The van der Waals surface area contributed by atoms with Gasteiger partial charge in [-0.2, -0.15) is 5.10 Å². The molecule has 2 heterocycles. The smallest absolute Gasteiger partial charge is 0.210 e. The highest BCUT2D eigenvalue weighted by atomic mass is 16.1. The van der Waals surface area contributed by atoms with Crippen molar-refractivity contribution < 1.29 is 4.79 Å². The Bertz CT molecular complexity index is 305. The SMILES string of the molecule is Cn1ncc2c1CN(C=O)CC2. The van der Waals surface area contributed by atoms with Gasteiger partial charge < -0.3 is 4.90 Å². The normalized spacial score (nSPS) is 15.9. The van der Waals surface area contributed by atoms with Gasteiger partial charge in [-0.1, -0.05) is 0 Å². The molecule has 0 N–H and O–H groups in total. The van der Waals surface area contributed by atoms with E-state index in [0.717, 1.165) is 25.1 Å². The third kappa shape index (κ3) is 0.995. The molecule has 0 aromatic carbocycles. The van der Waals surface area contributed by atoms with Crippen LogP contribution in [0.5, 0.6) is 0 Å². The van der Waals surface area contributed by atoms with Crippen LogP contribution in [0.2, 0.25) is 0 Å². The highest BCUT2D eigenvalue weighted by Crippen LogP contribution is 2.15. The zero-order valence-electron chi connectivity index (χ0n) is 7.03. The Kier molecular flexibility index (Phi) is 1.60. The lowest BCUT2D eigenvalue weighted by Crippen LogP contribution is -2.29. The average molecular weight is 165 g/mol. The molecule has 0 bridgehead atoms. The summed E-state index contributed by atoms with van der Waals surface area (Å²) in [6, 6.07) is 0. The number of carbonyl (C=O) groups excluding carboxylic acids is 1. The molecule has 1 aromatic rings. The molecule has 0 saturated heterocycles. The summed E-state index contributed by atoms with van der Waals surface area (Å²) in [7, 11) is 1.91. The molecule has 0 saturated carbocycles. The largest absolute Gasteiger partial charge is 0.339 e. The Morgan fingerprint density at radius 3 is 3.25 bits per heavy atom. The number of aryl methyl sites for hydroxylation is 1. The van der Waals surface area contributed by atoms with Crippen LogP contribution in [0.3, 0.4) is 0 Å². The van der Waals surface area contributed by atoms with Crippen molar-refractivity contribution in [2.45, 2.75) is 13.0 Å². The maximum Gasteiger partial charge on any atom is 0.210 e. The summed E-state index contributed by atoms with van der Waals surface area (Å²) in [4.78, 5) is 12.3. The maximum atomic E-state index is 10.5. The van der Waals surface area contributed by atoms with E-state index >= 15 is 0 Å². The minimum Gasteiger partial charge on any atom is -0.339 e. The second-order valence-corrected chi connectivity index (χ2v) is 3.07. The lowest BCUT2D eigenvalue weighted by atomic mass is 10.1. The first-order valence-corrected chi connectivity index (χ1v) is 4.00. The van der Waals surface area contributed by atoms with Crippen LogP contribution in [0.1, 0.15) is 11.3 Å². The van der Waals surface area contributed by atoms with Gasteiger partial charge in [0, 0.05) is 13.6 Å². The number of nitrogens with zero attached hydrogens (tertiary/aromatic N) is 3. The minimum absolute atomic E-state index is 0.704. The quantitative estimate of drug-likeness (QED) is 0.546. The van der Waals surface area contributed by atoms with Gasteiger partial charge in [0.05, 0.1) is 18.4 Å². The molecule has 0 unspecified atom stereocenters. The first-order valence-electron chi connectivity index (χ1n) is 4.00. The second-order valence-electron chi connectivity index (χ2n) is 3.07. The van der Waals surface area contributed by atoms with Gasteiger partial charge in [0.1, 0.15) is 0 Å². The average Bonchev–Trinajstić information content (AvgIpc) is 2.47. The molecule has 0 atom stereocenters. The molecule has 2 rings (SSSR count). The molecule has 1 aliphatic heterocycles. The molecule has 64 valence electrons. The highest BCUT2D eigenvalue weighted by Gasteiger charge is 2.17. The van der Waals surface area contributed by atoms with Gasteiger partial charge >= 0.3 is 0 Å². The minimum atomic E-state index is 0.704. The van der Waals surface area contributed by atoms with Gasteiger partial charge in [0.25, 0.3) is 0 Å². The van der Waals surface area contributed by atoms with E-state index in [9.17, 15) is 4.79 Å². The molecular weight excluding hydrogens is 154 g/mol. The van der Waals surface area contributed by atoms with E-state index in [2.05, 4.69) is 5.10 Å². The van der Waals surface area contributed by atoms with Crippen molar-refractivity contribution in [3.63, 3.8) is 0 Å². The van der Waals surface area contributed by atoms with E-state index in [1.54, 1.807) is 4.90 Å². The van der Waals surface area contributed by atoms with E-state index in [-0.39, 0.29) is 0 Å². The van der Waals surface area contributed by atoms with Crippen LogP contribution in [0.15, 0.2) is 6.20 Å². The molecule has 0 radical (unpaired) electrons. The molecule has 12 heavy (non-hydrogen) atoms. The van der Waals surface area contributed by atoms with Crippen molar-refractivity contribution in [2.24, 2.45) is 7.05 Å². The number of fused-ring (bicyclic) bond motifs is 1. The van der Waals surface area contributed by atoms with Crippen LogP contribution < -0.4 is 0 Å². The maximum absolute atomic E-state index is 10.5. The van der Waals surface area contributed by atoms with Crippen LogP contribution in [0, 0.1) is 0 Å². The first kappa shape index (κ1) is 7.34. The molecule has 1 aromatic heterocycles. The van der Waals surface area contributed by atoms with Crippen LogP contribution in [0.25, 0.3) is 0 Å². The Labute approximate surface area is 70.8 Å². The van der Waals surface area contributed by atoms with Crippen molar-refractivity contribution in [2.75, 3.05) is 6.54 Å². The summed E-state index contributed by atoms with van der Waals surface area (Å²) in [5.74, 6) is 0. The van der Waals surface area contributed by atoms with E-state index in [0.29, 0.717) is 6.54 Å². The molecule has 0 spiro atoms. The monoisotopic (exact) mass is 165 g/mol. The molecule has 0 aliphatic carbocycles. The topological polar surface area (TPSA) is 38.1 Å². The van der Waals surface area contributed by atoms with Crippen molar-refractivity contribution in [1.82, 2.24) is 14.7 Å². The van der Waals surface area contributed by atoms with Gasteiger partial charge in [0.15, 0.2) is 0 Å². The Morgan fingerprint density at radius 1 is 1.67 bits per heavy atom. The Balaban J connectivity index is 2.31. The summed E-state index contributed by atoms with van der Waals surface area (Å²) in [6.07, 6.45) is 3.72. The van der Waals surface area contributed by atoms with Gasteiger partial charge in [-0.3, -0.25) is 9.48 Å². The summed E-state index contributed by atoms with van der Waals surface area (Å²) < 4.78 is 1.84. The van der Waals surface area contributed by atoms with Gasteiger partial charge in [-0.15, -0.1) is 0 Å². The number of carbonyl (C=O) groups is 1. The fourth-order valence-electron chi connectivity index (χ4n) is 1.55. The van der Waals surface area contributed by atoms with Gasteiger partial charge in [-0.25, -0.2) is 0 Å². The molecular formula is C8H11N3O. The van der Waals surface area contributed by atoms with E-state index < -0.39 is 0 Å². The second kappa shape index (κ2) is 2.62. The lowest BCUT2D eigenvalue weighted by molar-refractivity contribution is -0.119. The van der Waals surface area contributed by atoms with Gasteiger partial charge in [-0.05, 0) is 12.0 Å². The van der Waals surface area contributed by atoms with Gasteiger partial charge in [0.2, 0.25) is 6.41 Å². The fourth-order valence-corrected chi connectivity index (χ4v) is 1.55. The molecule has 4 heteroatoms. The van der Waals surface area contributed by atoms with Crippen LogP contribution in [0.4, 0.5) is 0 Å². The first-order chi connectivity index (χ1) is 5.81. The standard InChI is InChI=1S/C8H11N3O/c1-10-8-5-11(6-12)3-2-7(8)4-9-10/h4,6H,2-3,5H2,1H3. The zero-order valence-corrected chi connectivity index (χ0v) is 7.03. The molecule has 1 aliphatic rings. The summed E-state index contributed by atoms with van der Waals surface area (Å²) >= 11 is 0. The summed E-state index contributed by atoms with van der Waals surface area (Å²) in [6.45, 7) is 1.53. The van der Waals surface area contributed by atoms with E-state index in [1.807, 2.05) is 17.9 Å². The third-order valence-corrected chi connectivity index (χ3v) is 2.32. The summed E-state index contributed by atoms with van der Waals surface area (Å²) in [5, 5.41) is 4.14. The Hall–Kier alpha value is -1.32. The van der Waals surface area contributed by atoms with Crippen molar-refractivity contribution in [3.05, 3.63) is 17.5 Å². The van der Waals surface area contributed by atoms with Crippen molar-refractivity contribution in [3.8, 4) is 0 Å². The van der Waals surface area contributed by atoms with Crippen LogP contribution in [-0.4, -0.2) is 27.6 Å². The number of rotatable bonds is 1. The number of hydrogen-bond donors (Lipinski definition) is 0. The number of amides is 1. The highest BCUT2D eigenvalue weighted by molar-refractivity contribution is 5.48. The summed E-state index contributed by atoms with van der Waals surface area (Å²) in [5.41, 5.74) is 2.43. The van der Waals surface area contributed by atoms with E-state index in [1.165, 1.54) is 5.56 Å². The van der Waals surface area contributed by atoms with Crippen molar-refractivity contribution in [1.29, 1.82) is 0 Å². The molecule has 0 fully saturated rings. The predicted octanol–water partition coefficient (Wildman–Crippen LogP) is -0.0654.